The largest absolute Gasteiger partial charge is 0.411 e. The van der Waals surface area contributed by atoms with Crippen LogP contribution in [0.25, 0.3) is 0 Å². The zero-order valence-corrected chi connectivity index (χ0v) is 14.2. The second-order valence-electron chi connectivity index (χ2n) is 8.97. The summed E-state index contributed by atoms with van der Waals surface area (Å²) in [4.78, 5) is 25.2. The van der Waals surface area contributed by atoms with E-state index >= 15 is 0 Å². The van der Waals surface area contributed by atoms with Gasteiger partial charge in [-0.15, -0.1) is 0 Å². The average molecular weight is 317 g/mol. The van der Waals surface area contributed by atoms with Crippen LogP contribution in [-0.4, -0.2) is 22.5 Å². The van der Waals surface area contributed by atoms with E-state index in [1.807, 2.05) is 0 Å². The molecule has 0 amide bonds. The quantitative estimate of drug-likeness (QED) is 0.548. The summed E-state index contributed by atoms with van der Waals surface area (Å²) >= 11 is 0. The summed E-state index contributed by atoms with van der Waals surface area (Å²) in [6.45, 7) is 4.60. The zero-order valence-electron chi connectivity index (χ0n) is 14.2. The fourth-order valence-electron chi connectivity index (χ4n) is 6.69. The number of carbonyl (C=O) groups is 2. The molecule has 0 radical (unpaired) electrons. The van der Waals surface area contributed by atoms with Crippen molar-refractivity contribution < 1.29 is 14.8 Å². The van der Waals surface area contributed by atoms with Crippen molar-refractivity contribution in [2.45, 2.75) is 65.2 Å². The molecule has 4 aliphatic carbocycles. The molecule has 0 spiro atoms. The van der Waals surface area contributed by atoms with Gasteiger partial charge in [0, 0.05) is 24.7 Å². The summed E-state index contributed by atoms with van der Waals surface area (Å²) in [5.41, 5.74) is 0.529. The highest BCUT2D eigenvalue weighted by molar-refractivity contribution is 6.42. The molecule has 0 saturated heterocycles. The van der Waals surface area contributed by atoms with Gasteiger partial charge in [0.05, 0.1) is 0 Å². The Morgan fingerprint density at radius 2 is 1.87 bits per heavy atom. The molecule has 1 unspecified atom stereocenters. The Balaban J connectivity index is 1.79. The van der Waals surface area contributed by atoms with E-state index in [9.17, 15) is 14.8 Å². The molecular formula is C19H27NO3. The normalized spacial score (nSPS) is 51.3. The second-order valence-corrected chi connectivity index (χ2v) is 8.97. The molecule has 0 aromatic heterocycles. The first-order valence-electron chi connectivity index (χ1n) is 9.18. The van der Waals surface area contributed by atoms with Crippen LogP contribution >= 0.6 is 0 Å². The smallest absolute Gasteiger partial charge is 0.184 e. The Labute approximate surface area is 137 Å². The number of rotatable bonds is 0. The maximum absolute atomic E-state index is 13.2. The Hall–Kier alpha value is -1.19. The van der Waals surface area contributed by atoms with Gasteiger partial charge in [0.2, 0.25) is 0 Å². The molecule has 0 bridgehead atoms. The Morgan fingerprint density at radius 3 is 2.61 bits per heavy atom. The van der Waals surface area contributed by atoms with E-state index in [1.54, 1.807) is 0 Å². The average Bonchev–Trinajstić information content (AvgIpc) is 2.91. The molecule has 23 heavy (non-hydrogen) atoms. The third-order valence-electron chi connectivity index (χ3n) is 8.06. The van der Waals surface area contributed by atoms with Crippen molar-refractivity contribution >= 4 is 17.3 Å². The van der Waals surface area contributed by atoms with Crippen LogP contribution in [0.4, 0.5) is 0 Å². The summed E-state index contributed by atoms with van der Waals surface area (Å²) in [5, 5.41) is 13.0. The van der Waals surface area contributed by atoms with Crippen LogP contribution in [0.2, 0.25) is 0 Å². The van der Waals surface area contributed by atoms with Crippen molar-refractivity contribution in [1.29, 1.82) is 0 Å². The minimum absolute atomic E-state index is 0.0107. The standard InChI is InChI=1S/C19H27NO3/c1-18-7-3-4-12(18)15-13(6-8-18)19(2)9-5-11(21)10-14(19)16(20-23)17(15)22/h12-15,23H,3-10H2,1-2H3/t12-,13-,14?,15-,18-,19+/m0/s1. The lowest BCUT2D eigenvalue weighted by molar-refractivity contribution is -0.141. The number of fused-ring (bicyclic) bond motifs is 5. The molecule has 0 aromatic rings. The molecule has 0 aliphatic heterocycles. The molecule has 4 nitrogen and oxygen atoms in total. The molecule has 4 saturated carbocycles. The van der Waals surface area contributed by atoms with Crippen molar-refractivity contribution in [2.75, 3.05) is 0 Å². The lowest BCUT2D eigenvalue weighted by Gasteiger charge is -2.58. The molecule has 4 aliphatic rings. The van der Waals surface area contributed by atoms with E-state index < -0.39 is 0 Å². The molecule has 1 N–H and O–H groups in total. The van der Waals surface area contributed by atoms with Gasteiger partial charge in [-0.2, -0.15) is 0 Å². The van der Waals surface area contributed by atoms with Crippen molar-refractivity contribution in [2.24, 2.45) is 39.7 Å². The summed E-state index contributed by atoms with van der Waals surface area (Å²) in [6, 6.07) is 0. The van der Waals surface area contributed by atoms with E-state index in [2.05, 4.69) is 19.0 Å². The monoisotopic (exact) mass is 317 g/mol. The van der Waals surface area contributed by atoms with Gasteiger partial charge in [-0.05, 0) is 54.8 Å². The molecule has 4 rings (SSSR count). The fraction of sp³-hybridized carbons (Fsp3) is 0.842. The van der Waals surface area contributed by atoms with Gasteiger partial charge < -0.3 is 5.21 Å². The van der Waals surface area contributed by atoms with Crippen LogP contribution in [0.1, 0.15) is 65.2 Å². The van der Waals surface area contributed by atoms with Gasteiger partial charge in [-0.1, -0.05) is 25.4 Å². The lowest BCUT2D eigenvalue weighted by Crippen LogP contribution is -2.60. The van der Waals surface area contributed by atoms with Crippen molar-refractivity contribution in [3.8, 4) is 0 Å². The van der Waals surface area contributed by atoms with Crippen molar-refractivity contribution in [1.82, 2.24) is 0 Å². The number of nitrogens with zero attached hydrogens (tertiary/aromatic N) is 1. The highest BCUT2D eigenvalue weighted by Crippen LogP contribution is 2.64. The van der Waals surface area contributed by atoms with Crippen LogP contribution in [0.15, 0.2) is 5.16 Å². The molecule has 0 aromatic carbocycles. The van der Waals surface area contributed by atoms with E-state index in [0.717, 1.165) is 19.3 Å². The third kappa shape index (κ3) is 1.93. The van der Waals surface area contributed by atoms with Gasteiger partial charge in [0.15, 0.2) is 5.78 Å². The molecule has 126 valence electrons. The SMILES string of the molecule is C[C@@]12CCC[C@H]1[C@@H]1C(=O)C(=NO)C3CC(=O)CC[C@]3(C)[C@H]1CC2. The van der Waals surface area contributed by atoms with Crippen LogP contribution in [0, 0.1) is 34.5 Å². The van der Waals surface area contributed by atoms with Gasteiger partial charge in [-0.25, -0.2) is 0 Å². The first kappa shape index (κ1) is 15.3. The van der Waals surface area contributed by atoms with Crippen LogP contribution in [0.3, 0.4) is 0 Å². The number of hydrogen-bond acceptors (Lipinski definition) is 4. The Kier molecular flexibility index (Phi) is 3.27. The van der Waals surface area contributed by atoms with Crippen LogP contribution in [-0.2, 0) is 9.59 Å². The first-order valence-corrected chi connectivity index (χ1v) is 9.18. The fourth-order valence-corrected chi connectivity index (χ4v) is 6.69. The Bertz CT molecular complexity index is 597. The number of Topliss-reactive ketones (excluding diaryl/α,β-unsaturated/α-hetero) is 2. The van der Waals surface area contributed by atoms with Gasteiger partial charge >= 0.3 is 0 Å². The minimum atomic E-state index is -0.173. The molecule has 6 atom stereocenters. The summed E-state index contributed by atoms with van der Waals surface area (Å²) in [6.07, 6.45) is 7.69. The van der Waals surface area contributed by atoms with E-state index in [1.165, 1.54) is 19.3 Å². The topological polar surface area (TPSA) is 66.7 Å². The van der Waals surface area contributed by atoms with E-state index in [0.29, 0.717) is 30.4 Å². The number of oxime groups is 1. The second kappa shape index (κ2) is 4.90. The third-order valence-corrected chi connectivity index (χ3v) is 8.06. The highest BCUT2D eigenvalue weighted by atomic mass is 16.4. The Morgan fingerprint density at radius 1 is 1.09 bits per heavy atom. The van der Waals surface area contributed by atoms with Gasteiger partial charge in [0.25, 0.3) is 0 Å². The predicted octanol–water partition coefficient (Wildman–Crippen LogP) is 3.61. The highest BCUT2D eigenvalue weighted by Gasteiger charge is 2.63. The lowest BCUT2D eigenvalue weighted by atomic mass is 9.44. The maximum atomic E-state index is 13.2. The summed E-state index contributed by atoms with van der Waals surface area (Å²) < 4.78 is 0. The maximum Gasteiger partial charge on any atom is 0.184 e. The van der Waals surface area contributed by atoms with Crippen molar-refractivity contribution in [3.63, 3.8) is 0 Å². The van der Waals surface area contributed by atoms with Gasteiger partial charge in [-0.3, -0.25) is 9.59 Å². The zero-order chi connectivity index (χ0) is 16.4. The summed E-state index contributed by atoms with van der Waals surface area (Å²) in [7, 11) is 0. The first-order chi connectivity index (χ1) is 10.9. The molecule has 0 heterocycles. The molecular weight excluding hydrogens is 290 g/mol. The van der Waals surface area contributed by atoms with Crippen LogP contribution in [0.5, 0.6) is 0 Å². The molecule has 4 fully saturated rings. The van der Waals surface area contributed by atoms with E-state index in [4.69, 9.17) is 0 Å². The summed E-state index contributed by atoms with van der Waals surface area (Å²) in [5.74, 6) is 0.884. The van der Waals surface area contributed by atoms with E-state index in [-0.39, 0.29) is 34.2 Å². The minimum Gasteiger partial charge on any atom is -0.411 e. The number of carbonyl (C=O) groups excluding carboxylic acids is 2. The van der Waals surface area contributed by atoms with Crippen LogP contribution < -0.4 is 0 Å². The molecule has 4 heteroatoms. The van der Waals surface area contributed by atoms with Crippen molar-refractivity contribution in [3.05, 3.63) is 0 Å². The predicted molar refractivity (Wildman–Crippen MR) is 86.3 cm³/mol. The number of hydrogen-bond donors (Lipinski definition) is 1. The number of ketones is 2. The van der Waals surface area contributed by atoms with Gasteiger partial charge in [0.1, 0.15) is 11.5 Å².